The molecule has 8 aliphatic rings. The number of aliphatic hydroxyl groups excluding tert-OH is 1. The summed E-state index contributed by atoms with van der Waals surface area (Å²) in [5, 5.41) is 15.5. The third-order valence-corrected chi connectivity index (χ3v) is 17.1. The van der Waals surface area contributed by atoms with Crippen molar-refractivity contribution in [3.8, 4) is 0 Å². The van der Waals surface area contributed by atoms with Crippen LogP contribution < -0.4 is 5.32 Å². The van der Waals surface area contributed by atoms with Crippen molar-refractivity contribution in [1.29, 1.82) is 0 Å². The van der Waals surface area contributed by atoms with Gasteiger partial charge in [-0.3, -0.25) is 4.90 Å². The van der Waals surface area contributed by atoms with Gasteiger partial charge in [-0.25, -0.2) is 9.59 Å². The highest BCUT2D eigenvalue weighted by Crippen LogP contribution is 2.89. The normalized spacial score (nSPS) is 47.0. The molecule has 0 aromatic heterocycles. The summed E-state index contributed by atoms with van der Waals surface area (Å²) in [4.78, 5) is 29.0. The van der Waals surface area contributed by atoms with E-state index in [1.54, 1.807) is 4.90 Å². The quantitative estimate of drug-likeness (QED) is 0.303. The minimum Gasteiger partial charge on any atom is -0.446 e. The van der Waals surface area contributed by atoms with E-state index in [2.05, 4.69) is 53.8 Å². The number of hydrogen-bond acceptors (Lipinski definition) is 7. The Morgan fingerprint density at radius 1 is 1.00 bits per heavy atom. The third kappa shape index (κ3) is 5.24. The second-order valence-corrected chi connectivity index (χ2v) is 20.0. The van der Waals surface area contributed by atoms with E-state index in [-0.39, 0.29) is 88.6 Å². The zero-order valence-corrected chi connectivity index (χ0v) is 32.3. The average molecular weight is 738 g/mol. The molecule has 0 bridgehead atoms. The molecule has 0 aromatic rings. The second-order valence-electron chi connectivity index (χ2n) is 20.0. The maximum absolute atomic E-state index is 13.0. The molecule has 5 saturated carbocycles. The van der Waals surface area contributed by atoms with E-state index >= 15 is 0 Å². The van der Waals surface area contributed by atoms with Gasteiger partial charge < -0.3 is 29.5 Å². The van der Waals surface area contributed by atoms with E-state index in [4.69, 9.17) is 14.2 Å². The summed E-state index contributed by atoms with van der Waals surface area (Å²) in [7, 11) is 0. The Morgan fingerprint density at radius 2 is 1.67 bits per heavy atom. The number of alkyl halides is 3. The molecule has 4 unspecified atom stereocenters. The number of fused-ring (bicyclic) bond motifs is 4. The second kappa shape index (κ2) is 12.1. The van der Waals surface area contributed by atoms with Crippen molar-refractivity contribution in [3.05, 3.63) is 0 Å². The van der Waals surface area contributed by atoms with Gasteiger partial charge in [0.15, 0.2) is 0 Å². The van der Waals surface area contributed by atoms with Crippen LogP contribution >= 0.6 is 0 Å². The van der Waals surface area contributed by atoms with Crippen LogP contribution in [0.15, 0.2) is 0 Å². The topological polar surface area (TPSA) is 101 Å². The van der Waals surface area contributed by atoms with Crippen LogP contribution in [-0.2, 0) is 14.2 Å². The molecule has 2 amide bonds. The van der Waals surface area contributed by atoms with Gasteiger partial charge in [-0.15, -0.1) is 0 Å². The highest BCUT2D eigenvalue weighted by molar-refractivity contribution is 5.69. The van der Waals surface area contributed by atoms with E-state index in [9.17, 15) is 27.9 Å². The van der Waals surface area contributed by atoms with Crippen LogP contribution in [0.3, 0.4) is 0 Å². The van der Waals surface area contributed by atoms with Gasteiger partial charge in [0, 0.05) is 37.0 Å². The van der Waals surface area contributed by atoms with Crippen LogP contribution in [0.5, 0.6) is 0 Å². The van der Waals surface area contributed by atoms with E-state index in [1.807, 2.05) is 0 Å². The average Bonchev–Trinajstić information content (AvgIpc) is 3.63. The SMILES string of the molecule is CC(C)[C@@H](OC(=O)N1CCC1)C1C[C@@H](C)[C@H]2C(O1)[C@H](O)[C@@]1(C)C3CC[C@H]4C(C)(C)[C@@H](OC(=O)NC5CN(CC(F)(F)F)C5)CCC45C[C@@]35CC[C@]21C. The minimum atomic E-state index is -4.24. The molecule has 8 fully saturated rings. The Hall–Kier alpha value is -1.79. The van der Waals surface area contributed by atoms with Crippen molar-refractivity contribution in [3.63, 3.8) is 0 Å². The summed E-state index contributed by atoms with van der Waals surface area (Å²) in [6.07, 6.45) is 2.17. The van der Waals surface area contributed by atoms with Gasteiger partial charge in [-0.2, -0.15) is 13.2 Å². The Morgan fingerprint density at radius 3 is 2.31 bits per heavy atom. The summed E-state index contributed by atoms with van der Waals surface area (Å²) in [6.45, 7) is 16.7. The molecule has 3 heterocycles. The molecule has 2 spiro atoms. The maximum Gasteiger partial charge on any atom is 0.410 e. The highest BCUT2D eigenvalue weighted by atomic mass is 19.4. The number of aliphatic hydroxyl groups is 1. The first kappa shape index (κ1) is 37.1. The standard InChI is InChI=1S/C40H62F3N3O6/c1-22(2)30(52-34(49)46-15-8-16-46)25-17-23(3)29-31(50-25)32(47)37(7)27-10-9-26-35(4,5)28(11-12-38(26)20-39(27,38)14-13-36(29,37)6)51-33(48)44-24-18-45(19-24)21-40(41,42)43/h22-32,47H,8-21H2,1-7H3,(H,44,48)/t23-,25?,26+,27?,28+,29+,30-,31?,32+,36-,37-,38?,39+/m1/s1. The van der Waals surface area contributed by atoms with Crippen molar-refractivity contribution in [2.75, 3.05) is 32.7 Å². The third-order valence-electron chi connectivity index (χ3n) is 17.1. The Labute approximate surface area is 307 Å². The summed E-state index contributed by atoms with van der Waals surface area (Å²) >= 11 is 0. The van der Waals surface area contributed by atoms with Crippen LogP contribution in [0.4, 0.5) is 22.8 Å². The van der Waals surface area contributed by atoms with Crippen molar-refractivity contribution in [2.45, 2.75) is 149 Å². The van der Waals surface area contributed by atoms with E-state index in [0.717, 1.165) is 70.9 Å². The van der Waals surface area contributed by atoms with Gasteiger partial charge in [0.2, 0.25) is 0 Å². The van der Waals surface area contributed by atoms with Crippen molar-refractivity contribution in [2.24, 2.45) is 56.7 Å². The first-order chi connectivity index (χ1) is 24.3. The molecule has 0 radical (unpaired) electrons. The van der Waals surface area contributed by atoms with Crippen LogP contribution in [0.2, 0.25) is 0 Å². The summed E-state index contributed by atoms with van der Waals surface area (Å²) < 4.78 is 57.4. The number of carbonyl (C=O) groups is 2. The van der Waals surface area contributed by atoms with Gasteiger partial charge in [0.25, 0.3) is 0 Å². The number of alkyl carbamates (subject to hydrolysis) is 1. The van der Waals surface area contributed by atoms with Crippen molar-refractivity contribution >= 4 is 12.2 Å². The predicted octanol–water partition coefficient (Wildman–Crippen LogP) is 7.01. The van der Waals surface area contributed by atoms with Crippen LogP contribution in [0.1, 0.15) is 106 Å². The van der Waals surface area contributed by atoms with Gasteiger partial charge in [0.1, 0.15) is 12.2 Å². The van der Waals surface area contributed by atoms with Gasteiger partial charge in [-0.1, -0.05) is 48.5 Å². The molecule has 12 heteroatoms. The van der Waals surface area contributed by atoms with Crippen LogP contribution in [-0.4, -0.2) is 103 Å². The number of carbonyl (C=O) groups excluding carboxylic acids is 2. The fourth-order valence-electron chi connectivity index (χ4n) is 14.4. The molecule has 52 heavy (non-hydrogen) atoms. The monoisotopic (exact) mass is 737 g/mol. The Kier molecular flexibility index (Phi) is 8.65. The van der Waals surface area contributed by atoms with Crippen LogP contribution in [0, 0.1) is 56.7 Å². The van der Waals surface area contributed by atoms with Crippen LogP contribution in [0.25, 0.3) is 0 Å². The van der Waals surface area contributed by atoms with Gasteiger partial charge >= 0.3 is 18.4 Å². The molecule has 8 rings (SSSR count). The van der Waals surface area contributed by atoms with E-state index in [0.29, 0.717) is 17.8 Å². The molecule has 9 nitrogen and oxygen atoms in total. The molecule has 13 atom stereocenters. The molecule has 294 valence electrons. The van der Waals surface area contributed by atoms with Gasteiger partial charge in [-0.05, 0) is 104 Å². The molecular weight excluding hydrogens is 675 g/mol. The minimum absolute atomic E-state index is 0.0826. The van der Waals surface area contributed by atoms with Crippen molar-refractivity contribution < 1.29 is 42.1 Å². The molecular formula is C40H62F3N3O6. The summed E-state index contributed by atoms with van der Waals surface area (Å²) in [5.74, 6) is 1.39. The number of ether oxygens (including phenoxy) is 3. The largest absolute Gasteiger partial charge is 0.446 e. The number of nitrogens with zero attached hydrogens (tertiary/aromatic N) is 2. The first-order valence-corrected chi connectivity index (χ1v) is 20.3. The number of rotatable bonds is 6. The number of hydrogen-bond donors (Lipinski definition) is 2. The zero-order valence-electron chi connectivity index (χ0n) is 32.3. The molecule has 0 aromatic carbocycles. The fraction of sp³-hybridized carbons (Fsp3) is 0.950. The lowest BCUT2D eigenvalue weighted by Gasteiger charge is -2.63. The van der Waals surface area contributed by atoms with Gasteiger partial charge in [0.05, 0.1) is 30.9 Å². The molecule has 5 aliphatic carbocycles. The number of amides is 2. The smallest absolute Gasteiger partial charge is 0.410 e. The lowest BCUT2D eigenvalue weighted by Crippen LogP contribution is -2.62. The number of nitrogens with one attached hydrogen (secondary N) is 1. The number of halogens is 3. The highest BCUT2D eigenvalue weighted by Gasteiger charge is 2.84. The Balaban J connectivity index is 0.965. The summed E-state index contributed by atoms with van der Waals surface area (Å²) in [6, 6.07) is -0.326. The predicted molar refractivity (Wildman–Crippen MR) is 187 cm³/mol. The zero-order chi connectivity index (χ0) is 37.4. The molecule has 2 N–H and O–H groups in total. The van der Waals surface area contributed by atoms with Crippen molar-refractivity contribution in [1.82, 2.24) is 15.1 Å². The lowest BCUT2D eigenvalue weighted by atomic mass is 9.41. The fourth-order valence-corrected chi connectivity index (χ4v) is 14.4. The number of likely N-dealkylation sites (tertiary alicyclic amines) is 2. The molecule has 3 aliphatic heterocycles. The summed E-state index contributed by atoms with van der Waals surface area (Å²) in [5.41, 5.74) is -0.351. The maximum atomic E-state index is 13.0. The lowest BCUT2D eigenvalue weighted by molar-refractivity contribution is -0.185. The molecule has 3 saturated heterocycles. The Bertz CT molecular complexity index is 1440. The van der Waals surface area contributed by atoms with E-state index in [1.165, 1.54) is 4.90 Å². The first-order valence-electron chi connectivity index (χ1n) is 20.3. The van der Waals surface area contributed by atoms with E-state index < -0.39 is 24.9 Å².